The number of aromatic nitrogens is 2. The second kappa shape index (κ2) is 7.60. The van der Waals surface area contributed by atoms with Crippen LogP contribution in [0.15, 0.2) is 18.2 Å². The summed E-state index contributed by atoms with van der Waals surface area (Å²) in [5.74, 6) is -1.48. The molecule has 160 valence electrons. The molecule has 1 N–H and O–H groups in total. The van der Waals surface area contributed by atoms with Crippen LogP contribution in [0.5, 0.6) is 0 Å². The standard InChI is InChI=1S/C18H23F3N4O3S/c1-11(2)25-15-7-6-12(9-14(15)23-17(25)18(19,20)21)16(26)22-13-5-4-8-24(10-13)29(3,27)28/h6-7,9,11,13H,4-5,8,10H2,1-3H3,(H,22,26). The minimum Gasteiger partial charge on any atom is -0.348 e. The Balaban J connectivity index is 1.86. The summed E-state index contributed by atoms with van der Waals surface area (Å²) in [5, 5.41) is 2.77. The molecule has 1 aromatic carbocycles. The van der Waals surface area contributed by atoms with Crippen LogP contribution < -0.4 is 5.32 Å². The van der Waals surface area contributed by atoms with Crippen molar-refractivity contribution in [3.8, 4) is 0 Å². The molecule has 0 aliphatic carbocycles. The first-order chi connectivity index (χ1) is 13.4. The van der Waals surface area contributed by atoms with Gasteiger partial charge in [-0.05, 0) is 44.9 Å². The van der Waals surface area contributed by atoms with E-state index >= 15 is 0 Å². The zero-order valence-electron chi connectivity index (χ0n) is 16.3. The van der Waals surface area contributed by atoms with Crippen molar-refractivity contribution in [2.24, 2.45) is 0 Å². The van der Waals surface area contributed by atoms with Crippen LogP contribution >= 0.6 is 0 Å². The predicted octanol–water partition coefficient (Wildman–Crippen LogP) is 2.79. The number of benzene rings is 1. The summed E-state index contributed by atoms with van der Waals surface area (Å²) in [6.45, 7) is 3.85. The van der Waals surface area contributed by atoms with E-state index in [9.17, 15) is 26.4 Å². The van der Waals surface area contributed by atoms with Gasteiger partial charge in [0.05, 0.1) is 17.3 Å². The van der Waals surface area contributed by atoms with Gasteiger partial charge in [0.15, 0.2) is 0 Å². The number of piperidine rings is 1. The Morgan fingerprint density at radius 2 is 2.00 bits per heavy atom. The Labute approximate surface area is 166 Å². The lowest BCUT2D eigenvalue weighted by Crippen LogP contribution is -2.49. The van der Waals surface area contributed by atoms with Gasteiger partial charge < -0.3 is 9.88 Å². The van der Waals surface area contributed by atoms with Gasteiger partial charge in [-0.15, -0.1) is 0 Å². The second-order valence-corrected chi connectivity index (χ2v) is 9.52. The lowest BCUT2D eigenvalue weighted by Gasteiger charge is -2.31. The Morgan fingerprint density at radius 1 is 1.31 bits per heavy atom. The molecule has 1 atom stereocenters. The maximum Gasteiger partial charge on any atom is 0.449 e. The first-order valence-corrected chi connectivity index (χ1v) is 11.1. The highest BCUT2D eigenvalue weighted by atomic mass is 32.2. The van der Waals surface area contributed by atoms with Crippen molar-refractivity contribution in [3.63, 3.8) is 0 Å². The maximum atomic E-state index is 13.3. The monoisotopic (exact) mass is 432 g/mol. The molecular weight excluding hydrogens is 409 g/mol. The molecule has 1 unspecified atom stereocenters. The molecule has 1 saturated heterocycles. The number of hydrogen-bond donors (Lipinski definition) is 1. The molecule has 2 aromatic rings. The topological polar surface area (TPSA) is 84.3 Å². The van der Waals surface area contributed by atoms with Gasteiger partial charge in [0.25, 0.3) is 5.91 Å². The highest BCUT2D eigenvalue weighted by Crippen LogP contribution is 2.34. The van der Waals surface area contributed by atoms with E-state index in [1.807, 2.05) is 0 Å². The van der Waals surface area contributed by atoms with Gasteiger partial charge in [0, 0.05) is 30.7 Å². The summed E-state index contributed by atoms with van der Waals surface area (Å²) >= 11 is 0. The number of amides is 1. The fraction of sp³-hybridized carbons (Fsp3) is 0.556. The maximum absolute atomic E-state index is 13.3. The van der Waals surface area contributed by atoms with Gasteiger partial charge in [-0.1, -0.05) is 0 Å². The minimum atomic E-state index is -4.61. The van der Waals surface area contributed by atoms with Gasteiger partial charge in [-0.3, -0.25) is 4.79 Å². The number of rotatable bonds is 4. The van der Waals surface area contributed by atoms with E-state index in [1.54, 1.807) is 13.8 Å². The SMILES string of the molecule is CC(C)n1c(C(F)(F)F)nc2cc(C(=O)NC3CCCN(S(C)(=O)=O)C3)ccc21. The summed E-state index contributed by atoms with van der Waals surface area (Å²) in [7, 11) is -3.35. The summed E-state index contributed by atoms with van der Waals surface area (Å²) in [4.78, 5) is 16.3. The number of carbonyl (C=O) groups excluding carboxylic acids is 1. The number of hydrogen-bond acceptors (Lipinski definition) is 4. The molecule has 2 heterocycles. The zero-order valence-corrected chi connectivity index (χ0v) is 17.1. The quantitative estimate of drug-likeness (QED) is 0.805. The van der Waals surface area contributed by atoms with Crippen LogP contribution in [0.1, 0.15) is 48.9 Å². The largest absolute Gasteiger partial charge is 0.449 e. The molecule has 1 aromatic heterocycles. The molecule has 0 radical (unpaired) electrons. The van der Waals surface area contributed by atoms with E-state index in [0.29, 0.717) is 24.9 Å². The fourth-order valence-corrected chi connectivity index (χ4v) is 4.50. The van der Waals surface area contributed by atoms with Gasteiger partial charge in [0.1, 0.15) is 0 Å². The van der Waals surface area contributed by atoms with Gasteiger partial charge in [-0.25, -0.2) is 17.7 Å². The van der Waals surface area contributed by atoms with Crippen LogP contribution in [0.4, 0.5) is 13.2 Å². The molecule has 3 rings (SSSR count). The molecule has 1 amide bonds. The third-order valence-corrected chi connectivity index (χ3v) is 6.18. The lowest BCUT2D eigenvalue weighted by molar-refractivity contribution is -0.147. The number of halogens is 3. The van der Waals surface area contributed by atoms with E-state index in [2.05, 4.69) is 10.3 Å². The molecule has 0 saturated carbocycles. The number of nitrogens with zero attached hydrogens (tertiary/aromatic N) is 3. The molecule has 1 aliphatic rings. The van der Waals surface area contributed by atoms with Crippen molar-refractivity contribution in [1.82, 2.24) is 19.2 Å². The van der Waals surface area contributed by atoms with Crippen LogP contribution in [0.25, 0.3) is 11.0 Å². The second-order valence-electron chi connectivity index (χ2n) is 7.53. The van der Waals surface area contributed by atoms with Crippen molar-refractivity contribution in [2.75, 3.05) is 19.3 Å². The Hall–Kier alpha value is -2.14. The van der Waals surface area contributed by atoms with E-state index in [1.165, 1.54) is 22.5 Å². The average Bonchev–Trinajstić information content (AvgIpc) is 3.00. The molecule has 1 fully saturated rings. The molecular formula is C18H23F3N4O3S. The minimum absolute atomic E-state index is 0.0834. The first kappa shape index (κ1) is 21.6. The first-order valence-electron chi connectivity index (χ1n) is 9.23. The third kappa shape index (κ3) is 4.55. The van der Waals surface area contributed by atoms with Crippen LogP contribution in [0, 0.1) is 0 Å². The van der Waals surface area contributed by atoms with Crippen LogP contribution in [-0.2, 0) is 16.2 Å². The van der Waals surface area contributed by atoms with Gasteiger partial charge in [-0.2, -0.15) is 13.2 Å². The smallest absolute Gasteiger partial charge is 0.348 e. The zero-order chi connectivity index (χ0) is 21.6. The van der Waals surface area contributed by atoms with E-state index < -0.39 is 34.0 Å². The van der Waals surface area contributed by atoms with E-state index in [0.717, 1.165) is 10.8 Å². The number of fused-ring (bicyclic) bond motifs is 1. The van der Waals surface area contributed by atoms with Crippen molar-refractivity contribution < 1.29 is 26.4 Å². The number of sulfonamides is 1. The molecule has 11 heteroatoms. The summed E-state index contributed by atoms with van der Waals surface area (Å²) < 4.78 is 65.8. The van der Waals surface area contributed by atoms with Crippen LogP contribution in [-0.4, -0.2) is 53.6 Å². The lowest BCUT2D eigenvalue weighted by atomic mass is 10.1. The molecule has 0 bridgehead atoms. The number of nitrogens with one attached hydrogen (secondary N) is 1. The Bertz CT molecular complexity index is 1030. The molecule has 1 aliphatic heterocycles. The number of imidazole rings is 1. The fourth-order valence-electron chi connectivity index (χ4n) is 3.59. The highest BCUT2D eigenvalue weighted by Gasteiger charge is 2.38. The Kier molecular flexibility index (Phi) is 5.65. The van der Waals surface area contributed by atoms with Crippen LogP contribution in [0.3, 0.4) is 0 Å². The normalized spacial score (nSPS) is 19.1. The highest BCUT2D eigenvalue weighted by molar-refractivity contribution is 7.88. The van der Waals surface area contributed by atoms with Gasteiger partial charge >= 0.3 is 6.18 Å². The average molecular weight is 432 g/mol. The van der Waals surface area contributed by atoms with Gasteiger partial charge in [0.2, 0.25) is 15.8 Å². The summed E-state index contributed by atoms with van der Waals surface area (Å²) in [5.41, 5.74) is 0.556. The van der Waals surface area contributed by atoms with Crippen molar-refractivity contribution in [2.45, 2.75) is 44.9 Å². The van der Waals surface area contributed by atoms with Crippen molar-refractivity contribution in [1.29, 1.82) is 0 Å². The van der Waals surface area contributed by atoms with Crippen molar-refractivity contribution >= 4 is 27.0 Å². The molecule has 0 spiro atoms. The van der Waals surface area contributed by atoms with E-state index in [4.69, 9.17) is 0 Å². The predicted molar refractivity (Wildman–Crippen MR) is 102 cm³/mol. The Morgan fingerprint density at radius 3 is 2.59 bits per heavy atom. The number of alkyl halides is 3. The van der Waals surface area contributed by atoms with Crippen molar-refractivity contribution in [3.05, 3.63) is 29.6 Å². The third-order valence-electron chi connectivity index (χ3n) is 4.91. The van der Waals surface area contributed by atoms with E-state index in [-0.39, 0.29) is 23.7 Å². The molecule has 29 heavy (non-hydrogen) atoms. The molecule has 7 nitrogen and oxygen atoms in total. The summed E-state index contributed by atoms with van der Waals surface area (Å²) in [6, 6.07) is 3.42. The number of carbonyl (C=O) groups is 1. The van der Waals surface area contributed by atoms with Crippen LogP contribution in [0.2, 0.25) is 0 Å². The summed E-state index contributed by atoms with van der Waals surface area (Å²) in [6.07, 6.45) is -2.25.